The Morgan fingerprint density at radius 3 is 2.00 bits per heavy atom. The van der Waals surface area contributed by atoms with E-state index in [1.165, 1.54) is 25.7 Å². The normalized spacial score (nSPS) is 38.1. The predicted octanol–water partition coefficient (Wildman–Crippen LogP) is -0.0775. The minimum absolute atomic E-state index is 0.0628. The van der Waals surface area contributed by atoms with E-state index < -0.39 is 15.9 Å². The van der Waals surface area contributed by atoms with E-state index in [4.69, 9.17) is 0 Å². The first-order chi connectivity index (χ1) is 7.55. The van der Waals surface area contributed by atoms with Gasteiger partial charge in [-0.05, 0) is 37.5 Å². The Morgan fingerprint density at radius 2 is 1.62 bits per heavy atom. The second-order valence-corrected chi connectivity index (χ2v) is 7.77. The van der Waals surface area contributed by atoms with Crippen LogP contribution in [0, 0.1) is 11.8 Å². The van der Waals surface area contributed by atoms with Crippen molar-refractivity contribution in [3.05, 3.63) is 0 Å². The second kappa shape index (κ2) is 3.68. The zero-order chi connectivity index (χ0) is 11.3. The molecule has 4 nitrogen and oxygen atoms in total. The summed E-state index contributed by atoms with van der Waals surface area (Å²) in [7, 11) is -3.01. The van der Waals surface area contributed by atoms with Crippen molar-refractivity contribution < 1.29 is 13.5 Å². The molecular formula is C11H19NO3S. The van der Waals surface area contributed by atoms with Crippen LogP contribution in [-0.2, 0) is 9.84 Å². The number of sulfone groups is 1. The molecule has 3 rings (SSSR count). The molecule has 0 aromatic rings. The van der Waals surface area contributed by atoms with Crippen molar-refractivity contribution in [1.29, 1.82) is 0 Å². The highest BCUT2D eigenvalue weighted by Gasteiger charge is 2.45. The molecule has 0 radical (unpaired) electrons. The summed E-state index contributed by atoms with van der Waals surface area (Å²) in [5.74, 6) is 1.53. The second-order valence-electron chi connectivity index (χ2n) is 5.62. The third kappa shape index (κ3) is 2.26. The van der Waals surface area contributed by atoms with Gasteiger partial charge in [-0.15, -0.1) is 0 Å². The van der Waals surface area contributed by atoms with Gasteiger partial charge in [0.15, 0.2) is 9.84 Å². The van der Waals surface area contributed by atoms with Crippen LogP contribution in [0.3, 0.4) is 0 Å². The van der Waals surface area contributed by atoms with E-state index >= 15 is 0 Å². The lowest BCUT2D eigenvalue weighted by Gasteiger charge is -2.24. The van der Waals surface area contributed by atoms with E-state index in [2.05, 4.69) is 5.32 Å². The van der Waals surface area contributed by atoms with Crippen LogP contribution in [0.25, 0.3) is 0 Å². The summed E-state index contributed by atoms with van der Waals surface area (Å²) in [5.41, 5.74) is 0. The van der Waals surface area contributed by atoms with Crippen molar-refractivity contribution in [2.24, 2.45) is 11.8 Å². The highest BCUT2D eigenvalue weighted by Crippen LogP contribution is 2.44. The topological polar surface area (TPSA) is 66.4 Å². The SMILES string of the molecule is O=S1(=O)CC(O)C(NC(C2CC2)C2CC2)C1. The Labute approximate surface area is 96.3 Å². The molecule has 0 bridgehead atoms. The van der Waals surface area contributed by atoms with Gasteiger partial charge >= 0.3 is 0 Å². The number of hydrogen-bond acceptors (Lipinski definition) is 4. The third-order valence-corrected chi connectivity index (χ3v) is 5.71. The van der Waals surface area contributed by atoms with Crippen molar-refractivity contribution in [3.63, 3.8) is 0 Å². The number of nitrogens with one attached hydrogen (secondary N) is 1. The fraction of sp³-hybridized carbons (Fsp3) is 1.00. The summed E-state index contributed by atoms with van der Waals surface area (Å²) in [5, 5.41) is 13.2. The molecule has 92 valence electrons. The van der Waals surface area contributed by atoms with E-state index in [1.807, 2.05) is 0 Å². The first-order valence-electron chi connectivity index (χ1n) is 6.20. The smallest absolute Gasteiger partial charge is 0.154 e. The minimum Gasteiger partial charge on any atom is -0.390 e. The Morgan fingerprint density at radius 1 is 1.06 bits per heavy atom. The third-order valence-electron chi connectivity index (χ3n) is 3.99. The van der Waals surface area contributed by atoms with Crippen LogP contribution in [0.1, 0.15) is 25.7 Å². The molecule has 1 heterocycles. The van der Waals surface area contributed by atoms with Gasteiger partial charge in [-0.2, -0.15) is 0 Å². The van der Waals surface area contributed by atoms with Crippen molar-refractivity contribution in [2.45, 2.75) is 43.9 Å². The summed E-state index contributed by atoms with van der Waals surface area (Å²) in [6, 6.07) is 0.240. The summed E-state index contributed by atoms with van der Waals surface area (Å²) < 4.78 is 22.8. The highest BCUT2D eigenvalue weighted by molar-refractivity contribution is 7.91. The Balaban J connectivity index is 1.64. The van der Waals surface area contributed by atoms with Gasteiger partial charge in [0, 0.05) is 12.1 Å². The molecule has 5 heteroatoms. The van der Waals surface area contributed by atoms with E-state index in [0.29, 0.717) is 6.04 Å². The van der Waals surface area contributed by atoms with E-state index in [9.17, 15) is 13.5 Å². The lowest BCUT2D eigenvalue weighted by molar-refractivity contribution is 0.153. The van der Waals surface area contributed by atoms with E-state index in [1.54, 1.807) is 0 Å². The van der Waals surface area contributed by atoms with Crippen LogP contribution < -0.4 is 5.32 Å². The lowest BCUT2D eigenvalue weighted by Crippen LogP contribution is -2.47. The molecule has 2 N–H and O–H groups in total. The van der Waals surface area contributed by atoms with Crippen molar-refractivity contribution in [2.75, 3.05) is 11.5 Å². The Hall–Kier alpha value is -0.130. The van der Waals surface area contributed by atoms with Crippen LogP contribution >= 0.6 is 0 Å². The standard InChI is InChI=1S/C11H19NO3S/c13-10-6-16(14,15)5-9(10)12-11(7-1-2-7)8-3-4-8/h7-13H,1-6H2. The lowest BCUT2D eigenvalue weighted by atomic mass is 10.1. The van der Waals surface area contributed by atoms with Gasteiger partial charge in [-0.1, -0.05) is 0 Å². The Bertz CT molecular complexity index is 361. The van der Waals surface area contributed by atoms with Crippen molar-refractivity contribution in [3.8, 4) is 0 Å². The zero-order valence-corrected chi connectivity index (χ0v) is 10.1. The zero-order valence-electron chi connectivity index (χ0n) is 9.30. The summed E-state index contributed by atoms with van der Waals surface area (Å²) in [6.07, 6.45) is 4.37. The van der Waals surface area contributed by atoms with Crippen LogP contribution in [0.4, 0.5) is 0 Å². The quantitative estimate of drug-likeness (QED) is 0.727. The largest absolute Gasteiger partial charge is 0.390 e. The van der Waals surface area contributed by atoms with E-state index in [-0.39, 0.29) is 17.5 Å². The maximum atomic E-state index is 11.4. The molecule has 0 aromatic carbocycles. The average Bonchev–Trinajstić information content (AvgIpc) is 3.03. The number of aliphatic hydroxyl groups is 1. The molecule has 1 aliphatic heterocycles. The van der Waals surface area contributed by atoms with Gasteiger partial charge in [0.1, 0.15) is 0 Å². The predicted molar refractivity (Wildman–Crippen MR) is 60.8 cm³/mol. The molecule has 2 aliphatic carbocycles. The van der Waals surface area contributed by atoms with Crippen molar-refractivity contribution >= 4 is 9.84 Å². The first-order valence-corrected chi connectivity index (χ1v) is 8.02. The Kier molecular flexibility index (Phi) is 2.53. The van der Waals surface area contributed by atoms with Gasteiger partial charge in [-0.3, -0.25) is 0 Å². The molecule has 0 amide bonds. The minimum atomic E-state index is -3.01. The molecule has 3 aliphatic rings. The van der Waals surface area contributed by atoms with Gasteiger partial charge in [0.25, 0.3) is 0 Å². The molecule has 2 saturated carbocycles. The maximum Gasteiger partial charge on any atom is 0.154 e. The van der Waals surface area contributed by atoms with Crippen LogP contribution in [-0.4, -0.2) is 43.2 Å². The molecule has 0 aromatic heterocycles. The first kappa shape index (κ1) is 11.0. The summed E-state index contributed by atoms with van der Waals surface area (Å²) in [6.45, 7) is 0. The molecule has 16 heavy (non-hydrogen) atoms. The van der Waals surface area contributed by atoms with Gasteiger partial charge in [-0.25, -0.2) is 8.42 Å². The van der Waals surface area contributed by atoms with Crippen LogP contribution in [0.15, 0.2) is 0 Å². The molecule has 2 unspecified atom stereocenters. The number of rotatable bonds is 4. The fourth-order valence-corrected chi connectivity index (χ4v) is 4.56. The highest BCUT2D eigenvalue weighted by atomic mass is 32.2. The van der Waals surface area contributed by atoms with E-state index in [0.717, 1.165) is 11.8 Å². The number of aliphatic hydroxyl groups excluding tert-OH is 1. The van der Waals surface area contributed by atoms with Gasteiger partial charge < -0.3 is 10.4 Å². The maximum absolute atomic E-state index is 11.4. The molecule has 3 fully saturated rings. The van der Waals surface area contributed by atoms with Crippen LogP contribution in [0.2, 0.25) is 0 Å². The fourth-order valence-electron chi connectivity index (χ4n) is 2.80. The molecular weight excluding hydrogens is 226 g/mol. The average molecular weight is 245 g/mol. The van der Waals surface area contributed by atoms with Crippen molar-refractivity contribution in [1.82, 2.24) is 5.32 Å². The summed E-state index contributed by atoms with van der Waals surface area (Å²) >= 11 is 0. The summed E-state index contributed by atoms with van der Waals surface area (Å²) in [4.78, 5) is 0. The molecule has 0 spiro atoms. The number of hydrogen-bond donors (Lipinski definition) is 2. The van der Waals surface area contributed by atoms with Gasteiger partial charge in [0.2, 0.25) is 0 Å². The van der Waals surface area contributed by atoms with Crippen LogP contribution in [0.5, 0.6) is 0 Å². The molecule has 1 saturated heterocycles. The monoisotopic (exact) mass is 245 g/mol. The molecule has 2 atom stereocenters. The van der Waals surface area contributed by atoms with Gasteiger partial charge in [0.05, 0.1) is 17.6 Å².